The highest BCUT2D eigenvalue weighted by molar-refractivity contribution is 6.33. The van der Waals surface area contributed by atoms with E-state index in [1.54, 1.807) is 0 Å². The number of nitrogens with two attached hydrogens (primary N) is 1. The average molecular weight is 318 g/mol. The van der Waals surface area contributed by atoms with Crippen LogP contribution in [0.3, 0.4) is 0 Å². The van der Waals surface area contributed by atoms with Crippen LogP contribution in [0.5, 0.6) is 0 Å². The molecule has 0 saturated carbocycles. The monoisotopic (exact) mass is 317 g/mol. The van der Waals surface area contributed by atoms with E-state index < -0.39 is 30.7 Å². The summed E-state index contributed by atoms with van der Waals surface area (Å²) in [7, 11) is 0. The summed E-state index contributed by atoms with van der Waals surface area (Å²) in [4.78, 5) is 11.7. The number of rotatable bonds is 2. The summed E-state index contributed by atoms with van der Waals surface area (Å²) in [6.07, 6.45) is -2.48. The van der Waals surface area contributed by atoms with Crippen LogP contribution in [-0.2, 0) is 4.74 Å². The maximum absolute atomic E-state index is 14.8. The van der Waals surface area contributed by atoms with Crippen molar-refractivity contribution >= 4 is 28.7 Å². The number of ether oxygens (including phenoxy) is 1. The van der Waals surface area contributed by atoms with Gasteiger partial charge in [0.2, 0.25) is 5.95 Å². The molecule has 3 rings (SSSR count). The van der Waals surface area contributed by atoms with Crippen LogP contribution in [0.1, 0.15) is 13.2 Å². The molecule has 4 N–H and O–H groups in total. The molecule has 3 unspecified atom stereocenters. The van der Waals surface area contributed by atoms with Crippen molar-refractivity contribution in [1.29, 1.82) is 0 Å². The van der Waals surface area contributed by atoms with Crippen LogP contribution < -0.4 is 5.73 Å². The zero-order valence-electron chi connectivity index (χ0n) is 10.9. The number of nitrogen functional groups attached to an aromatic ring is 1. The molecule has 8 nitrogen and oxygen atoms in total. The van der Waals surface area contributed by atoms with Gasteiger partial charge in [-0.15, -0.1) is 0 Å². The summed E-state index contributed by atoms with van der Waals surface area (Å²) in [5, 5.41) is 19.1. The van der Waals surface area contributed by atoms with E-state index in [0.29, 0.717) is 0 Å². The third-order valence-corrected chi connectivity index (χ3v) is 3.81. The molecular formula is C11H13ClFN5O3. The van der Waals surface area contributed by atoms with Crippen molar-refractivity contribution in [3.8, 4) is 0 Å². The van der Waals surface area contributed by atoms with Crippen LogP contribution in [0.25, 0.3) is 11.2 Å². The van der Waals surface area contributed by atoms with Crippen molar-refractivity contribution in [1.82, 2.24) is 19.5 Å². The Morgan fingerprint density at radius 3 is 2.90 bits per heavy atom. The molecular weight excluding hydrogens is 305 g/mol. The first-order chi connectivity index (χ1) is 9.86. The number of aliphatic hydroxyl groups excluding tert-OH is 2. The van der Waals surface area contributed by atoms with Gasteiger partial charge in [-0.25, -0.2) is 9.37 Å². The van der Waals surface area contributed by atoms with E-state index in [-0.39, 0.29) is 22.3 Å². The highest BCUT2D eigenvalue weighted by Gasteiger charge is 2.55. The fourth-order valence-electron chi connectivity index (χ4n) is 2.43. The van der Waals surface area contributed by atoms with Gasteiger partial charge >= 0.3 is 0 Å². The van der Waals surface area contributed by atoms with Gasteiger partial charge in [0.05, 0.1) is 12.9 Å². The van der Waals surface area contributed by atoms with Crippen LogP contribution >= 0.6 is 11.6 Å². The highest BCUT2D eigenvalue weighted by atomic mass is 35.5. The molecule has 1 fully saturated rings. The largest absolute Gasteiger partial charge is 0.394 e. The first-order valence-corrected chi connectivity index (χ1v) is 6.53. The summed E-state index contributed by atoms with van der Waals surface area (Å²) in [6.45, 7) is 0.664. The normalized spacial score (nSPS) is 32.9. The Balaban J connectivity index is 2.13. The lowest BCUT2D eigenvalue weighted by Crippen LogP contribution is -2.40. The lowest BCUT2D eigenvalue weighted by Gasteiger charge is -2.24. The lowest BCUT2D eigenvalue weighted by atomic mass is 9.99. The maximum atomic E-state index is 14.8. The predicted molar refractivity (Wildman–Crippen MR) is 71.3 cm³/mol. The summed E-state index contributed by atoms with van der Waals surface area (Å²) >= 11 is 5.91. The smallest absolute Gasteiger partial charge is 0.223 e. The molecule has 0 bridgehead atoms. The second kappa shape index (κ2) is 4.73. The van der Waals surface area contributed by atoms with Crippen LogP contribution in [-0.4, -0.2) is 54.2 Å². The molecule has 114 valence electrons. The van der Waals surface area contributed by atoms with Crippen molar-refractivity contribution in [3.05, 3.63) is 11.5 Å². The topological polar surface area (TPSA) is 119 Å². The molecule has 2 aromatic heterocycles. The Bertz CT molecular complexity index is 694. The third-order valence-electron chi connectivity index (χ3n) is 3.55. The Morgan fingerprint density at radius 1 is 1.57 bits per heavy atom. The van der Waals surface area contributed by atoms with E-state index >= 15 is 0 Å². The number of halogens is 2. The maximum Gasteiger partial charge on any atom is 0.223 e. The van der Waals surface area contributed by atoms with Crippen molar-refractivity contribution in [2.45, 2.75) is 31.0 Å². The number of alkyl halides is 1. The molecule has 4 atom stereocenters. The van der Waals surface area contributed by atoms with E-state index in [0.717, 1.165) is 0 Å². The van der Waals surface area contributed by atoms with E-state index in [1.165, 1.54) is 17.8 Å². The molecule has 1 aliphatic rings. The van der Waals surface area contributed by atoms with E-state index in [2.05, 4.69) is 15.0 Å². The number of aromatic nitrogens is 4. The number of anilines is 1. The number of aliphatic hydroxyl groups is 2. The molecule has 21 heavy (non-hydrogen) atoms. The molecule has 2 aromatic rings. The van der Waals surface area contributed by atoms with Gasteiger partial charge in [-0.1, -0.05) is 11.6 Å². The zero-order valence-corrected chi connectivity index (χ0v) is 11.7. The fraction of sp³-hybridized carbons (Fsp3) is 0.545. The first-order valence-electron chi connectivity index (χ1n) is 6.15. The van der Waals surface area contributed by atoms with Crippen molar-refractivity contribution in [2.75, 3.05) is 12.3 Å². The van der Waals surface area contributed by atoms with E-state index in [9.17, 15) is 9.50 Å². The second-order valence-electron chi connectivity index (χ2n) is 5.00. The number of fused-ring (bicyclic) bond motifs is 1. The zero-order chi connectivity index (χ0) is 15.4. The average Bonchev–Trinajstić information content (AvgIpc) is 2.91. The van der Waals surface area contributed by atoms with Crippen molar-refractivity contribution in [3.63, 3.8) is 0 Å². The van der Waals surface area contributed by atoms with Crippen LogP contribution in [0.4, 0.5) is 10.3 Å². The minimum absolute atomic E-state index is 0.0362. The van der Waals surface area contributed by atoms with E-state index in [1.807, 2.05) is 0 Å². The highest BCUT2D eigenvalue weighted by Crippen LogP contribution is 2.42. The Labute approximate surface area is 123 Å². The summed E-state index contributed by atoms with van der Waals surface area (Å²) in [5.74, 6) is -0.0907. The third kappa shape index (κ3) is 2.04. The van der Waals surface area contributed by atoms with Gasteiger partial charge in [0.1, 0.15) is 17.7 Å². The SMILES string of the molecule is C[C@@]1(F)C(O)C(CO)OC1n1cnc2c(Cl)nc(N)nc21. The van der Waals surface area contributed by atoms with Gasteiger partial charge < -0.3 is 20.7 Å². The Kier molecular flexibility index (Phi) is 3.24. The van der Waals surface area contributed by atoms with Gasteiger partial charge in [0.25, 0.3) is 0 Å². The van der Waals surface area contributed by atoms with E-state index in [4.69, 9.17) is 27.2 Å². The van der Waals surface area contributed by atoms with Gasteiger partial charge in [-0.3, -0.25) is 4.57 Å². The number of hydrogen-bond acceptors (Lipinski definition) is 7. The summed E-state index contributed by atoms with van der Waals surface area (Å²) < 4.78 is 21.4. The van der Waals surface area contributed by atoms with Crippen LogP contribution in [0.2, 0.25) is 5.15 Å². The Morgan fingerprint density at radius 2 is 2.29 bits per heavy atom. The quantitative estimate of drug-likeness (QED) is 0.669. The lowest BCUT2D eigenvalue weighted by molar-refractivity contribution is -0.0566. The number of imidazole rings is 1. The molecule has 10 heteroatoms. The van der Waals surface area contributed by atoms with Crippen LogP contribution in [0, 0.1) is 0 Å². The summed E-state index contributed by atoms with van der Waals surface area (Å²) in [6, 6.07) is 0. The molecule has 0 aromatic carbocycles. The minimum Gasteiger partial charge on any atom is -0.394 e. The fourth-order valence-corrected chi connectivity index (χ4v) is 2.65. The summed E-state index contributed by atoms with van der Waals surface area (Å²) in [5.41, 5.74) is 3.81. The predicted octanol–water partition coefficient (Wildman–Crippen LogP) is 0.0407. The Hall–Kier alpha value is -1.55. The van der Waals surface area contributed by atoms with Gasteiger partial charge in [-0.05, 0) is 6.92 Å². The molecule has 0 spiro atoms. The second-order valence-corrected chi connectivity index (χ2v) is 5.36. The number of hydrogen-bond donors (Lipinski definition) is 3. The molecule has 1 saturated heterocycles. The van der Waals surface area contributed by atoms with Gasteiger partial charge in [-0.2, -0.15) is 9.97 Å². The van der Waals surface area contributed by atoms with Gasteiger partial charge in [0.15, 0.2) is 22.7 Å². The van der Waals surface area contributed by atoms with Crippen LogP contribution in [0.15, 0.2) is 6.33 Å². The number of nitrogens with zero attached hydrogens (tertiary/aromatic N) is 4. The van der Waals surface area contributed by atoms with Crippen molar-refractivity contribution < 1.29 is 19.3 Å². The standard InChI is InChI=1S/C11H13ClFN5O3/c1-11(13)6(20)4(2-19)21-9(11)18-3-15-5-7(12)16-10(14)17-8(5)18/h3-4,6,9,19-20H,2H2,1H3,(H2,14,16,17)/t4?,6?,9?,11-/m1/s1. The molecule has 3 heterocycles. The van der Waals surface area contributed by atoms with Crippen molar-refractivity contribution in [2.24, 2.45) is 0 Å². The van der Waals surface area contributed by atoms with Gasteiger partial charge in [0, 0.05) is 0 Å². The molecule has 0 amide bonds. The molecule has 0 radical (unpaired) electrons. The first kappa shape index (κ1) is 14.4. The minimum atomic E-state index is -2.15. The molecule has 0 aliphatic carbocycles. The molecule has 1 aliphatic heterocycles.